The molecule has 2 aliphatic rings. The Morgan fingerprint density at radius 2 is 1.83 bits per heavy atom. The highest BCUT2D eigenvalue weighted by Gasteiger charge is 2.43. The molecule has 2 aliphatic heterocycles. The SMILES string of the molecule is CC.COCC1=C(C(=O)OC)C(c2ccc(F)c(F)c2)N(C(=O)NCCCN2CC=C(c3cccc(NC(C)=O)c3)CC2)C(=O)N1. The van der Waals surface area contributed by atoms with Gasteiger partial charge in [-0.05, 0) is 53.8 Å². The Hall–Kier alpha value is -4.62. The smallest absolute Gasteiger partial charge is 0.338 e. The van der Waals surface area contributed by atoms with Gasteiger partial charge in [0.15, 0.2) is 11.6 Å². The summed E-state index contributed by atoms with van der Waals surface area (Å²) in [6.07, 6.45) is 3.51. The van der Waals surface area contributed by atoms with Gasteiger partial charge in [0.25, 0.3) is 0 Å². The quantitative estimate of drug-likeness (QED) is 0.247. The molecule has 1 atom stereocenters. The zero-order valence-electron chi connectivity index (χ0n) is 26.7. The van der Waals surface area contributed by atoms with Gasteiger partial charge in [0.05, 0.1) is 25.0 Å². The van der Waals surface area contributed by atoms with Crippen molar-refractivity contribution in [3.05, 3.63) is 82.6 Å². The Morgan fingerprint density at radius 1 is 1.07 bits per heavy atom. The topological polar surface area (TPSA) is 129 Å². The van der Waals surface area contributed by atoms with E-state index >= 15 is 0 Å². The number of hydrogen-bond donors (Lipinski definition) is 3. The van der Waals surface area contributed by atoms with Crippen LogP contribution < -0.4 is 16.0 Å². The second-order valence-electron chi connectivity index (χ2n) is 10.3. The van der Waals surface area contributed by atoms with Gasteiger partial charge in [-0.25, -0.2) is 28.1 Å². The van der Waals surface area contributed by atoms with Crippen molar-refractivity contribution in [2.45, 2.75) is 39.7 Å². The van der Waals surface area contributed by atoms with Crippen molar-refractivity contribution in [1.82, 2.24) is 20.4 Å². The van der Waals surface area contributed by atoms with Gasteiger partial charge in [0.1, 0.15) is 6.04 Å². The molecule has 0 saturated heterocycles. The molecule has 2 aromatic carbocycles. The molecule has 0 fully saturated rings. The van der Waals surface area contributed by atoms with Crippen LogP contribution in [0, 0.1) is 11.6 Å². The molecule has 5 amide bonds. The number of nitrogens with one attached hydrogen (secondary N) is 3. The second kappa shape index (κ2) is 17.2. The Morgan fingerprint density at radius 3 is 2.46 bits per heavy atom. The van der Waals surface area contributed by atoms with Crippen LogP contribution in [-0.2, 0) is 19.1 Å². The largest absolute Gasteiger partial charge is 0.466 e. The van der Waals surface area contributed by atoms with E-state index in [1.165, 1.54) is 25.7 Å². The first kappa shape index (κ1) is 35.9. The molecule has 0 radical (unpaired) electrons. The molecule has 13 heteroatoms. The lowest BCUT2D eigenvalue weighted by molar-refractivity contribution is -0.137. The van der Waals surface area contributed by atoms with E-state index in [9.17, 15) is 28.0 Å². The van der Waals surface area contributed by atoms with Crippen LogP contribution in [-0.4, -0.2) is 80.7 Å². The van der Waals surface area contributed by atoms with Crippen LogP contribution in [0.25, 0.3) is 5.57 Å². The van der Waals surface area contributed by atoms with E-state index in [1.54, 1.807) is 0 Å². The maximum atomic E-state index is 14.2. The first-order chi connectivity index (χ1) is 22.1. The predicted molar refractivity (Wildman–Crippen MR) is 170 cm³/mol. The number of nitrogens with zero attached hydrogens (tertiary/aromatic N) is 2. The lowest BCUT2D eigenvalue weighted by atomic mass is 9.93. The fourth-order valence-electron chi connectivity index (χ4n) is 5.24. The van der Waals surface area contributed by atoms with Crippen LogP contribution >= 0.6 is 0 Å². The maximum absolute atomic E-state index is 14.2. The number of esters is 1. The number of carbonyl (C=O) groups excluding carboxylic acids is 4. The molecule has 2 aromatic rings. The van der Waals surface area contributed by atoms with Gasteiger partial charge in [0, 0.05) is 45.9 Å². The first-order valence-corrected chi connectivity index (χ1v) is 15.1. The molecule has 1 unspecified atom stereocenters. The second-order valence-corrected chi connectivity index (χ2v) is 10.3. The molecule has 0 aromatic heterocycles. The summed E-state index contributed by atoms with van der Waals surface area (Å²) in [7, 11) is 2.48. The summed E-state index contributed by atoms with van der Waals surface area (Å²) in [4.78, 5) is 53.7. The molecular weight excluding hydrogens is 600 g/mol. The molecule has 11 nitrogen and oxygen atoms in total. The van der Waals surface area contributed by atoms with Crippen LogP contribution in [0.1, 0.15) is 50.8 Å². The highest BCUT2D eigenvalue weighted by molar-refractivity contribution is 6.01. The number of anilines is 1. The van der Waals surface area contributed by atoms with Crippen molar-refractivity contribution in [2.24, 2.45) is 0 Å². The van der Waals surface area contributed by atoms with Gasteiger partial charge < -0.3 is 25.4 Å². The third kappa shape index (κ3) is 8.98. The number of halogens is 2. The number of carbonyl (C=O) groups is 4. The van der Waals surface area contributed by atoms with Gasteiger partial charge in [-0.1, -0.05) is 38.1 Å². The monoisotopic (exact) mass is 641 g/mol. The molecule has 2 heterocycles. The zero-order chi connectivity index (χ0) is 33.8. The zero-order valence-corrected chi connectivity index (χ0v) is 26.7. The third-order valence-corrected chi connectivity index (χ3v) is 7.28. The minimum absolute atomic E-state index is 0.00132. The fraction of sp³-hybridized carbons (Fsp3) is 0.394. The van der Waals surface area contributed by atoms with E-state index in [0.717, 1.165) is 48.4 Å². The maximum Gasteiger partial charge on any atom is 0.338 e. The van der Waals surface area contributed by atoms with E-state index in [2.05, 4.69) is 26.9 Å². The number of amides is 5. The number of urea groups is 2. The summed E-state index contributed by atoms with van der Waals surface area (Å²) in [6, 6.07) is 7.49. The molecule has 4 rings (SSSR count). The summed E-state index contributed by atoms with van der Waals surface area (Å²) in [5, 5.41) is 7.99. The standard InChI is InChI=1S/C31H35F2N5O6.C2H6/c1-19(39)35-23-7-4-6-21(16-23)20-10-14-37(15-11-20)13-5-12-34-30(41)38-28(22-8-9-24(32)25(33)17-22)27(29(40)44-3)26(18-43-2)36-31(38)42;1-2/h4,6-10,16-17,28H,5,11-15,18H2,1-3H3,(H,34,41)(H,35,39)(H,36,42);1-2H3. The van der Waals surface area contributed by atoms with E-state index in [-0.39, 0.29) is 35.9 Å². The minimum Gasteiger partial charge on any atom is -0.466 e. The number of hydrogen-bond acceptors (Lipinski definition) is 7. The molecule has 0 saturated carbocycles. The summed E-state index contributed by atoms with van der Waals surface area (Å²) in [5.41, 5.74) is 2.88. The summed E-state index contributed by atoms with van der Waals surface area (Å²) >= 11 is 0. The normalized spacial score (nSPS) is 16.5. The van der Waals surface area contributed by atoms with Crippen molar-refractivity contribution in [2.75, 3.05) is 52.3 Å². The number of methoxy groups -OCH3 is 2. The molecule has 3 N–H and O–H groups in total. The van der Waals surface area contributed by atoms with Crippen LogP contribution in [0.5, 0.6) is 0 Å². The van der Waals surface area contributed by atoms with Crippen molar-refractivity contribution in [3.63, 3.8) is 0 Å². The Labute approximate surface area is 267 Å². The molecule has 0 aliphatic carbocycles. The average molecular weight is 642 g/mol. The minimum atomic E-state index is -1.40. The lowest BCUT2D eigenvalue weighted by Gasteiger charge is -2.36. The Bertz CT molecular complexity index is 1490. The van der Waals surface area contributed by atoms with Gasteiger partial charge in [-0.15, -0.1) is 0 Å². The molecule has 46 heavy (non-hydrogen) atoms. The van der Waals surface area contributed by atoms with E-state index in [4.69, 9.17) is 9.47 Å². The van der Waals surface area contributed by atoms with Gasteiger partial charge in [0.2, 0.25) is 5.91 Å². The van der Waals surface area contributed by atoms with Gasteiger partial charge >= 0.3 is 18.0 Å². The van der Waals surface area contributed by atoms with Crippen LogP contribution in [0.4, 0.5) is 24.1 Å². The van der Waals surface area contributed by atoms with Gasteiger partial charge in [-0.3, -0.25) is 9.69 Å². The van der Waals surface area contributed by atoms with Crippen molar-refractivity contribution in [1.29, 1.82) is 0 Å². The molecule has 0 spiro atoms. The average Bonchev–Trinajstić information content (AvgIpc) is 3.05. The number of ether oxygens (including phenoxy) is 2. The molecular formula is C33H41F2N5O6. The third-order valence-electron chi connectivity index (χ3n) is 7.28. The number of benzene rings is 2. The summed E-state index contributed by atoms with van der Waals surface area (Å²) < 4.78 is 38.0. The first-order valence-electron chi connectivity index (χ1n) is 15.1. The number of rotatable bonds is 10. The van der Waals surface area contributed by atoms with E-state index in [0.29, 0.717) is 19.5 Å². The van der Waals surface area contributed by atoms with Crippen molar-refractivity contribution >= 4 is 35.2 Å². The highest BCUT2D eigenvalue weighted by Crippen LogP contribution is 2.35. The van der Waals surface area contributed by atoms with Crippen LogP contribution in [0.2, 0.25) is 0 Å². The van der Waals surface area contributed by atoms with Gasteiger partial charge in [-0.2, -0.15) is 0 Å². The Balaban J connectivity index is 0.00000282. The van der Waals surface area contributed by atoms with Crippen molar-refractivity contribution in [3.8, 4) is 0 Å². The summed E-state index contributed by atoms with van der Waals surface area (Å²) in [6.45, 7) is 7.65. The fourth-order valence-corrected chi connectivity index (χ4v) is 5.24. The number of imide groups is 1. The lowest BCUT2D eigenvalue weighted by Crippen LogP contribution is -2.55. The molecule has 0 bridgehead atoms. The van der Waals surface area contributed by atoms with Crippen LogP contribution in [0.15, 0.2) is 59.8 Å². The van der Waals surface area contributed by atoms with E-state index in [1.807, 2.05) is 38.1 Å². The predicted octanol–water partition coefficient (Wildman–Crippen LogP) is 4.98. The highest BCUT2D eigenvalue weighted by atomic mass is 19.2. The molecule has 248 valence electrons. The Kier molecular flexibility index (Phi) is 13.4. The van der Waals surface area contributed by atoms with E-state index < -0.39 is 35.7 Å². The van der Waals surface area contributed by atoms with Crippen LogP contribution in [0.3, 0.4) is 0 Å². The summed E-state index contributed by atoms with van der Waals surface area (Å²) in [5.74, 6) is -3.33. The van der Waals surface area contributed by atoms with Crippen molar-refractivity contribution < 1.29 is 37.4 Å².